The van der Waals surface area contributed by atoms with Gasteiger partial charge in [0.15, 0.2) is 15.7 Å². The van der Waals surface area contributed by atoms with Crippen LogP contribution in [0.5, 0.6) is 11.5 Å². The van der Waals surface area contributed by atoms with Crippen molar-refractivity contribution in [2.75, 3.05) is 27.4 Å². The largest absolute Gasteiger partial charge is 0.494 e. The second kappa shape index (κ2) is 10.9. The smallest absolute Gasteiger partial charge is 0.160 e. The lowest BCUT2D eigenvalue weighted by atomic mass is 10.0. The van der Waals surface area contributed by atoms with Crippen LogP contribution in [0.25, 0.3) is 5.69 Å². The molecule has 3 aromatic rings. The van der Waals surface area contributed by atoms with E-state index in [-0.39, 0.29) is 17.6 Å². The Hall–Kier alpha value is -3.05. The molecule has 1 aliphatic heterocycles. The number of benzene rings is 1. The van der Waals surface area contributed by atoms with Gasteiger partial charge in [-0.25, -0.2) is 8.42 Å². The first-order chi connectivity index (χ1) is 17.3. The van der Waals surface area contributed by atoms with E-state index in [9.17, 15) is 8.42 Å². The fraction of sp³-hybridized carbons (Fsp3) is 0.520. The topological polar surface area (TPSA) is 118 Å². The molecule has 10 nitrogen and oxygen atoms in total. The van der Waals surface area contributed by atoms with Gasteiger partial charge in [0.05, 0.1) is 37.5 Å². The number of hydrogen-bond donors (Lipinski definition) is 0. The zero-order chi connectivity index (χ0) is 25.9. The molecule has 3 heterocycles. The van der Waals surface area contributed by atoms with E-state index < -0.39 is 15.1 Å². The average molecular weight is 516 g/mol. The molecule has 1 fully saturated rings. The highest BCUT2D eigenvalue weighted by Gasteiger charge is 2.34. The highest BCUT2D eigenvalue weighted by Crippen LogP contribution is 2.37. The molecule has 1 aromatic carbocycles. The maximum Gasteiger partial charge on any atom is 0.160 e. The predicted molar refractivity (Wildman–Crippen MR) is 135 cm³/mol. The maximum atomic E-state index is 13.6. The molecule has 36 heavy (non-hydrogen) atoms. The van der Waals surface area contributed by atoms with Crippen molar-refractivity contribution in [3.05, 3.63) is 53.6 Å². The molecule has 1 saturated heterocycles. The van der Waals surface area contributed by atoms with Gasteiger partial charge >= 0.3 is 0 Å². The second-order valence-corrected chi connectivity index (χ2v) is 11.5. The number of hydrogen-bond acceptors (Lipinski definition) is 9. The van der Waals surface area contributed by atoms with Gasteiger partial charge in [0, 0.05) is 30.8 Å². The summed E-state index contributed by atoms with van der Waals surface area (Å²) in [5, 5.41) is 8.11. The molecule has 0 bridgehead atoms. The van der Waals surface area contributed by atoms with Crippen LogP contribution in [-0.4, -0.2) is 65.8 Å². The zero-order valence-corrected chi connectivity index (χ0v) is 22.2. The van der Waals surface area contributed by atoms with Gasteiger partial charge in [-0.1, -0.05) is 13.0 Å². The van der Waals surface area contributed by atoms with Crippen LogP contribution >= 0.6 is 0 Å². The van der Waals surface area contributed by atoms with Crippen LogP contribution in [0.2, 0.25) is 0 Å². The molecule has 0 amide bonds. The van der Waals surface area contributed by atoms with E-state index in [1.807, 2.05) is 19.9 Å². The fourth-order valence-corrected chi connectivity index (χ4v) is 6.00. The van der Waals surface area contributed by atoms with Crippen molar-refractivity contribution in [3.63, 3.8) is 0 Å². The molecule has 11 heteroatoms. The summed E-state index contributed by atoms with van der Waals surface area (Å²) in [7, 11) is -0.533. The fourth-order valence-electron chi connectivity index (χ4n) is 4.43. The zero-order valence-electron chi connectivity index (χ0n) is 21.3. The molecule has 194 valence electrons. The Balaban J connectivity index is 1.77. The van der Waals surface area contributed by atoms with Gasteiger partial charge in [0.2, 0.25) is 0 Å². The van der Waals surface area contributed by atoms with Crippen molar-refractivity contribution in [3.8, 4) is 17.2 Å². The van der Waals surface area contributed by atoms with Crippen LogP contribution in [0.15, 0.2) is 30.6 Å². The van der Waals surface area contributed by atoms with Crippen LogP contribution in [0.1, 0.15) is 61.6 Å². The molecule has 3 atom stereocenters. The van der Waals surface area contributed by atoms with Gasteiger partial charge in [-0.05, 0) is 38.8 Å². The summed E-state index contributed by atoms with van der Waals surface area (Å²) in [4.78, 5) is 8.66. The first-order valence-electron chi connectivity index (χ1n) is 12.0. The Morgan fingerprint density at radius 3 is 2.42 bits per heavy atom. The Bertz CT molecular complexity index is 1260. The SMILES string of the molecule is COc1cccc(OC)c1-n1c(CS(=O)(=O)[C@@H](C)[C@H](C)c2cnc(C)cn2)nnc1[C@H]1CCCOC1. The summed E-state index contributed by atoms with van der Waals surface area (Å²) in [6.45, 7) is 6.57. The highest BCUT2D eigenvalue weighted by molar-refractivity contribution is 7.91. The molecule has 0 saturated carbocycles. The number of nitrogens with zero attached hydrogens (tertiary/aromatic N) is 5. The van der Waals surface area contributed by atoms with Gasteiger partial charge in [0.1, 0.15) is 28.8 Å². The van der Waals surface area contributed by atoms with Crippen molar-refractivity contribution in [1.82, 2.24) is 24.7 Å². The number of aromatic nitrogens is 5. The van der Waals surface area contributed by atoms with E-state index in [1.165, 1.54) is 0 Å². The molecule has 0 unspecified atom stereocenters. The minimum absolute atomic E-state index is 0.0310. The number of para-hydroxylation sites is 1. The molecule has 1 aliphatic rings. The molecular formula is C25H33N5O5S. The van der Waals surface area contributed by atoms with Crippen LogP contribution in [0, 0.1) is 6.92 Å². The normalized spacial score (nSPS) is 18.0. The monoisotopic (exact) mass is 515 g/mol. The van der Waals surface area contributed by atoms with E-state index in [0.29, 0.717) is 47.7 Å². The average Bonchev–Trinajstić information content (AvgIpc) is 3.30. The summed E-state index contributed by atoms with van der Waals surface area (Å²) in [6, 6.07) is 5.42. The molecule has 2 aromatic heterocycles. The highest BCUT2D eigenvalue weighted by atomic mass is 32.2. The summed E-state index contributed by atoms with van der Waals surface area (Å²) in [6.07, 6.45) is 5.03. The van der Waals surface area contributed by atoms with Crippen molar-refractivity contribution in [1.29, 1.82) is 0 Å². The Labute approximate surface area is 212 Å². The van der Waals surface area contributed by atoms with Crippen LogP contribution in [0.3, 0.4) is 0 Å². The minimum atomic E-state index is -3.66. The predicted octanol–water partition coefficient (Wildman–Crippen LogP) is 3.38. The third kappa shape index (κ3) is 5.22. The van der Waals surface area contributed by atoms with Crippen molar-refractivity contribution >= 4 is 9.84 Å². The minimum Gasteiger partial charge on any atom is -0.494 e. The third-order valence-electron chi connectivity index (χ3n) is 6.77. The van der Waals surface area contributed by atoms with E-state index in [1.54, 1.807) is 50.2 Å². The van der Waals surface area contributed by atoms with Gasteiger partial charge in [-0.3, -0.25) is 14.5 Å². The molecule has 0 N–H and O–H groups in total. The second-order valence-electron chi connectivity index (χ2n) is 9.12. The third-order valence-corrected chi connectivity index (χ3v) is 8.98. The Morgan fingerprint density at radius 1 is 1.11 bits per heavy atom. The molecule has 0 spiro atoms. The molecular weight excluding hydrogens is 482 g/mol. The Kier molecular flexibility index (Phi) is 7.89. The lowest BCUT2D eigenvalue weighted by Gasteiger charge is -2.24. The summed E-state index contributed by atoms with van der Waals surface area (Å²) in [5.41, 5.74) is 1.98. The maximum absolute atomic E-state index is 13.6. The summed E-state index contributed by atoms with van der Waals surface area (Å²) >= 11 is 0. The van der Waals surface area contributed by atoms with Crippen LogP contribution in [0.4, 0.5) is 0 Å². The Morgan fingerprint density at radius 2 is 1.83 bits per heavy atom. The van der Waals surface area contributed by atoms with Crippen LogP contribution in [-0.2, 0) is 20.3 Å². The molecule has 4 rings (SSSR count). The summed E-state index contributed by atoms with van der Waals surface area (Å²) < 4.78 is 46.0. The quantitative estimate of drug-likeness (QED) is 0.422. The summed E-state index contributed by atoms with van der Waals surface area (Å²) in [5.74, 6) is 1.30. The van der Waals surface area contributed by atoms with Crippen molar-refractivity contribution in [2.24, 2.45) is 0 Å². The first kappa shape index (κ1) is 26.0. The van der Waals surface area contributed by atoms with Gasteiger partial charge in [-0.2, -0.15) is 0 Å². The number of methoxy groups -OCH3 is 2. The lowest BCUT2D eigenvalue weighted by molar-refractivity contribution is 0.0775. The number of aryl methyl sites for hydroxylation is 1. The lowest BCUT2D eigenvalue weighted by Crippen LogP contribution is -2.27. The molecule has 0 aliphatic carbocycles. The van der Waals surface area contributed by atoms with Crippen molar-refractivity contribution < 1.29 is 22.6 Å². The van der Waals surface area contributed by atoms with Gasteiger partial charge in [-0.15, -0.1) is 10.2 Å². The molecule has 0 radical (unpaired) electrons. The van der Waals surface area contributed by atoms with Crippen molar-refractivity contribution in [2.45, 2.75) is 56.5 Å². The van der Waals surface area contributed by atoms with E-state index in [2.05, 4.69) is 20.2 Å². The van der Waals surface area contributed by atoms with E-state index in [0.717, 1.165) is 18.5 Å². The number of rotatable bonds is 9. The standard InChI is InChI=1S/C25H33N5O5S/c1-16-12-27-20(13-26-16)17(2)18(3)36(31,32)15-23-28-29-25(19-8-7-11-35-14-19)30(23)24-21(33-4)9-6-10-22(24)34-5/h6,9-10,12-13,17-19H,7-8,11,14-15H2,1-5H3/t17-,18-,19-/m0/s1. The van der Waals surface area contributed by atoms with Gasteiger partial charge < -0.3 is 14.2 Å². The van der Waals surface area contributed by atoms with E-state index >= 15 is 0 Å². The van der Waals surface area contributed by atoms with Gasteiger partial charge in [0.25, 0.3) is 0 Å². The number of ether oxygens (including phenoxy) is 3. The van der Waals surface area contributed by atoms with Crippen LogP contribution < -0.4 is 9.47 Å². The number of sulfone groups is 1. The first-order valence-corrected chi connectivity index (χ1v) is 13.7. The van der Waals surface area contributed by atoms with E-state index in [4.69, 9.17) is 14.2 Å².